The summed E-state index contributed by atoms with van der Waals surface area (Å²) in [5.74, 6) is 0.271. The van der Waals surface area contributed by atoms with E-state index in [1.807, 2.05) is 0 Å². The Labute approximate surface area is 289 Å². The predicted octanol–water partition coefficient (Wildman–Crippen LogP) is 4.74. The van der Waals surface area contributed by atoms with Crippen molar-refractivity contribution >= 4 is 32.9 Å². The fourth-order valence-corrected chi connectivity index (χ4v) is 11.3. The number of carbonyl (C=O) groups excluding carboxylic acids is 2. The van der Waals surface area contributed by atoms with Crippen molar-refractivity contribution in [3.63, 3.8) is 0 Å². The summed E-state index contributed by atoms with van der Waals surface area (Å²) in [4.78, 5) is 33.7. The number of carbonyl (C=O) groups is 2. The van der Waals surface area contributed by atoms with Gasteiger partial charge in [0, 0.05) is 61.8 Å². The van der Waals surface area contributed by atoms with E-state index < -0.39 is 16.1 Å². The lowest BCUT2D eigenvalue weighted by Gasteiger charge is -2.47. The summed E-state index contributed by atoms with van der Waals surface area (Å²) in [6.45, 7) is 0.449. The number of likely N-dealkylation sites (N-methyl/N-ethyl adjacent to an activating group) is 1. The van der Waals surface area contributed by atoms with E-state index in [-0.39, 0.29) is 29.8 Å². The molecule has 0 spiro atoms. The molecule has 3 aliphatic carbocycles. The van der Waals surface area contributed by atoms with Gasteiger partial charge in [-0.2, -0.15) is 12.7 Å². The molecule has 2 aromatic rings. The molecule has 10 nitrogen and oxygen atoms in total. The van der Waals surface area contributed by atoms with E-state index >= 15 is 4.79 Å². The largest absolute Gasteiger partial charge is 0.496 e. The maximum Gasteiger partial charge on any atom is 0.303 e. The third-order valence-electron chi connectivity index (χ3n) is 13.2. The Morgan fingerprint density at radius 3 is 2.33 bits per heavy atom. The normalized spacial score (nSPS) is 30.8. The zero-order valence-corrected chi connectivity index (χ0v) is 29.8. The summed E-state index contributed by atoms with van der Waals surface area (Å²) in [5.41, 5.74) is 6.59. The Kier molecular flexibility index (Phi) is 7.28. The van der Waals surface area contributed by atoms with Crippen LogP contribution in [0.15, 0.2) is 52.6 Å². The van der Waals surface area contributed by atoms with Gasteiger partial charge in [0.2, 0.25) is 5.91 Å². The molecule has 6 atom stereocenters. The Bertz CT molecular complexity index is 1970. The molecule has 3 saturated heterocycles. The fraction of sp³-hybridized carbons (Fsp3) is 0.579. The summed E-state index contributed by atoms with van der Waals surface area (Å²) < 4.78 is 37.2. The van der Waals surface area contributed by atoms with Gasteiger partial charge < -0.3 is 14.2 Å². The molecule has 11 heteroatoms. The van der Waals surface area contributed by atoms with Gasteiger partial charge in [0.05, 0.1) is 24.1 Å². The summed E-state index contributed by atoms with van der Waals surface area (Å²) in [6.07, 6.45) is 15.2. The van der Waals surface area contributed by atoms with Crippen LogP contribution in [0.5, 0.6) is 5.75 Å². The van der Waals surface area contributed by atoms with Crippen molar-refractivity contribution in [2.24, 2.45) is 5.92 Å². The Morgan fingerprint density at radius 2 is 1.65 bits per heavy atom. The Morgan fingerprint density at radius 1 is 0.959 bits per heavy atom. The van der Waals surface area contributed by atoms with E-state index in [0.717, 1.165) is 81.9 Å². The molecule has 5 unspecified atom stereocenters. The van der Waals surface area contributed by atoms with Crippen molar-refractivity contribution < 1.29 is 22.7 Å². The Hall–Kier alpha value is -3.41. The zero-order chi connectivity index (χ0) is 33.9. The van der Waals surface area contributed by atoms with Crippen molar-refractivity contribution in [3.05, 3.63) is 63.9 Å². The number of ether oxygens (including phenoxy) is 1. The highest BCUT2D eigenvalue weighted by Gasteiger charge is 2.57. The van der Waals surface area contributed by atoms with Gasteiger partial charge in [-0.15, -0.1) is 0 Å². The lowest BCUT2D eigenvalue weighted by molar-refractivity contribution is -0.144. The van der Waals surface area contributed by atoms with Gasteiger partial charge >= 0.3 is 10.2 Å². The van der Waals surface area contributed by atoms with Gasteiger partial charge in [-0.25, -0.2) is 4.72 Å². The highest BCUT2D eigenvalue weighted by molar-refractivity contribution is 7.87. The number of allylic oxidation sites excluding steroid dienone is 4. The lowest BCUT2D eigenvalue weighted by Crippen LogP contribution is -2.61. The highest BCUT2D eigenvalue weighted by atomic mass is 32.2. The van der Waals surface area contributed by atoms with Gasteiger partial charge in [0.25, 0.3) is 5.91 Å². The topological polar surface area (TPSA) is 104 Å². The average Bonchev–Trinajstić information content (AvgIpc) is 3.37. The van der Waals surface area contributed by atoms with Crippen molar-refractivity contribution in [3.8, 4) is 5.75 Å². The molecular formula is C38H47N5O5S. The molecule has 260 valence electrons. The first-order valence-corrected chi connectivity index (χ1v) is 19.7. The fourth-order valence-electron chi connectivity index (χ4n) is 10.8. The van der Waals surface area contributed by atoms with Gasteiger partial charge in [0.15, 0.2) is 0 Å². The number of piperazine rings is 1. The maximum absolute atomic E-state index is 15.1. The molecule has 0 radical (unpaired) electrons. The van der Waals surface area contributed by atoms with E-state index in [1.54, 1.807) is 7.11 Å². The third kappa shape index (κ3) is 4.60. The van der Waals surface area contributed by atoms with Gasteiger partial charge in [-0.1, -0.05) is 37.5 Å². The number of aromatic nitrogens is 1. The minimum atomic E-state index is -3.98. The van der Waals surface area contributed by atoms with Gasteiger partial charge in [-0.3, -0.25) is 14.5 Å². The van der Waals surface area contributed by atoms with Crippen molar-refractivity contribution in [2.75, 3.05) is 28.3 Å². The van der Waals surface area contributed by atoms with Crippen LogP contribution < -0.4 is 9.46 Å². The minimum Gasteiger partial charge on any atom is -0.496 e. The van der Waals surface area contributed by atoms with Crippen molar-refractivity contribution in [1.82, 2.24) is 23.4 Å². The molecule has 1 aromatic heterocycles. The summed E-state index contributed by atoms with van der Waals surface area (Å²) in [5, 5.41) is 1.05. The summed E-state index contributed by atoms with van der Waals surface area (Å²) in [6, 6.07) is 7.89. The molecule has 49 heavy (non-hydrogen) atoms. The highest BCUT2D eigenvalue weighted by Crippen LogP contribution is 2.56. The SMILES string of the molecule is COc1ccc(C2CCCCC2)c2c1cc1n2CC2=C(C(=O)NS(=O)(=O)N(C)C)C2=C2C=CC[C@@H](C(=O)N3C4CCC3C3CCC4N3C)C21. The smallest absolute Gasteiger partial charge is 0.303 e. The molecule has 7 aliphatic rings. The average molecular weight is 686 g/mol. The van der Waals surface area contributed by atoms with E-state index in [2.05, 4.69) is 56.5 Å². The second-order valence-electron chi connectivity index (χ2n) is 15.6. The van der Waals surface area contributed by atoms with Gasteiger partial charge in [0.1, 0.15) is 5.75 Å². The number of fused-ring (bicyclic) bond motifs is 12. The molecule has 4 fully saturated rings. The van der Waals surface area contributed by atoms with Crippen LogP contribution in [0.25, 0.3) is 10.9 Å². The second kappa shape index (κ2) is 11.3. The van der Waals surface area contributed by atoms with Crippen LogP contribution >= 0.6 is 0 Å². The van der Waals surface area contributed by atoms with E-state index in [1.165, 1.54) is 38.9 Å². The standard InChI is InChI=1S/C38H47N5O5S/c1-40(2)49(46,47)39-37(44)35-26-20-42-31(19-25-32(48-4)18-13-22(36(25)42)21-9-6-5-7-10-21)33-23(34(26)35)11-8-12-24(33)38(45)43-29-16-17-30(43)28-15-14-27(29)41(28)3/h8,11,13,18-19,21,24,27-30,33H,5-7,9-10,12,14-17,20H2,1-4H3,(H,39,44)/t24-,27?,28?,29?,30?,33?/m1/s1. The quantitative estimate of drug-likeness (QED) is 0.472. The van der Waals surface area contributed by atoms with Crippen molar-refractivity contribution in [1.29, 1.82) is 0 Å². The van der Waals surface area contributed by atoms with Crippen LogP contribution in [0.1, 0.15) is 87.3 Å². The van der Waals surface area contributed by atoms with E-state index in [0.29, 0.717) is 36.5 Å². The molecule has 1 saturated carbocycles. The second-order valence-corrected chi connectivity index (χ2v) is 17.5. The number of nitrogens with one attached hydrogen (secondary N) is 1. The first kappa shape index (κ1) is 31.6. The van der Waals surface area contributed by atoms with Crippen LogP contribution in [-0.2, 0) is 26.3 Å². The van der Waals surface area contributed by atoms with Gasteiger partial charge in [-0.05, 0) is 92.3 Å². The number of nitrogens with zero attached hydrogens (tertiary/aromatic N) is 4. The van der Waals surface area contributed by atoms with Crippen molar-refractivity contribution in [2.45, 2.75) is 107 Å². The molecule has 1 N–H and O–H groups in total. The molecule has 4 bridgehead atoms. The Balaban J connectivity index is 1.21. The summed E-state index contributed by atoms with van der Waals surface area (Å²) >= 11 is 0. The van der Waals surface area contributed by atoms with Crippen LogP contribution in [0.2, 0.25) is 0 Å². The monoisotopic (exact) mass is 685 g/mol. The van der Waals surface area contributed by atoms with E-state index in [9.17, 15) is 13.2 Å². The lowest BCUT2D eigenvalue weighted by atomic mass is 9.75. The minimum absolute atomic E-state index is 0.228. The number of benzene rings is 1. The maximum atomic E-state index is 15.1. The third-order valence-corrected chi connectivity index (χ3v) is 14.6. The zero-order valence-electron chi connectivity index (χ0n) is 28.9. The molecule has 9 rings (SSSR count). The molecular weight excluding hydrogens is 639 g/mol. The first-order valence-electron chi connectivity index (χ1n) is 18.2. The summed E-state index contributed by atoms with van der Waals surface area (Å²) in [7, 11) is 2.79. The van der Waals surface area contributed by atoms with Crippen LogP contribution in [0.4, 0.5) is 0 Å². The number of rotatable bonds is 6. The number of hydrogen-bond acceptors (Lipinski definition) is 6. The van der Waals surface area contributed by atoms with E-state index in [4.69, 9.17) is 4.74 Å². The number of amides is 2. The molecule has 4 aliphatic heterocycles. The van der Waals surface area contributed by atoms with Crippen LogP contribution in [0, 0.1) is 5.92 Å². The molecule has 5 heterocycles. The number of hydrogen-bond donors (Lipinski definition) is 1. The molecule has 2 amide bonds. The van der Waals surface area contributed by atoms with Crippen LogP contribution in [-0.4, -0.2) is 91.3 Å². The predicted molar refractivity (Wildman–Crippen MR) is 187 cm³/mol. The first-order chi connectivity index (χ1) is 23.6. The van der Waals surface area contributed by atoms with Crippen LogP contribution in [0.3, 0.4) is 0 Å². The molecule has 1 aromatic carbocycles. The number of methoxy groups -OCH3 is 1.